The maximum atomic E-state index is 12.4. The number of benzene rings is 1. The number of hydrogen-bond donors (Lipinski definition) is 1. The van der Waals surface area contributed by atoms with E-state index in [0.29, 0.717) is 33.7 Å². The molecular formula is C15H14BrNO5S2. The molecule has 1 fully saturated rings. The lowest BCUT2D eigenvalue weighted by Gasteiger charge is -2.13. The Morgan fingerprint density at radius 1 is 1.50 bits per heavy atom. The summed E-state index contributed by atoms with van der Waals surface area (Å²) in [5.74, 6) is -0.899. The quantitative estimate of drug-likeness (QED) is 0.525. The van der Waals surface area contributed by atoms with Crippen molar-refractivity contribution in [2.45, 2.75) is 0 Å². The molecule has 1 aliphatic rings. The Morgan fingerprint density at radius 3 is 2.92 bits per heavy atom. The third kappa shape index (κ3) is 4.79. The number of carbonyl (C=O) groups is 2. The predicted octanol–water partition coefficient (Wildman–Crippen LogP) is 2.76. The second-order valence-corrected chi connectivity index (χ2v) is 7.28. The Kier molecular flexibility index (Phi) is 6.79. The standard InChI is InChI=1S/C15H14BrNO5S2/c1-21-5-4-17-14(20)12(24-15(17)23)7-9-6-10(16)2-3-11(9)22-8-13(18)19/h2-3,6-7H,4-5,8H2,1H3,(H,18,19)/b12-7-. The van der Waals surface area contributed by atoms with Crippen LogP contribution in [0.2, 0.25) is 0 Å². The number of carbonyl (C=O) groups excluding carboxylic acids is 1. The number of rotatable bonds is 7. The summed E-state index contributed by atoms with van der Waals surface area (Å²) in [5, 5.41) is 8.75. The molecule has 0 bridgehead atoms. The molecule has 1 aromatic carbocycles. The summed E-state index contributed by atoms with van der Waals surface area (Å²) in [5.41, 5.74) is 0.595. The molecule has 0 radical (unpaired) electrons. The van der Waals surface area contributed by atoms with E-state index in [1.165, 1.54) is 16.7 Å². The second kappa shape index (κ2) is 8.61. The number of amides is 1. The highest BCUT2D eigenvalue weighted by atomic mass is 79.9. The smallest absolute Gasteiger partial charge is 0.341 e. The van der Waals surface area contributed by atoms with Gasteiger partial charge in [0.15, 0.2) is 6.61 Å². The molecule has 1 amide bonds. The van der Waals surface area contributed by atoms with E-state index >= 15 is 0 Å². The van der Waals surface area contributed by atoms with E-state index in [4.69, 9.17) is 26.8 Å². The molecule has 128 valence electrons. The molecule has 1 saturated heterocycles. The lowest BCUT2D eigenvalue weighted by atomic mass is 10.2. The molecule has 0 unspecified atom stereocenters. The van der Waals surface area contributed by atoms with Crippen LogP contribution in [0.4, 0.5) is 0 Å². The summed E-state index contributed by atoms with van der Waals surface area (Å²) < 4.78 is 11.5. The van der Waals surface area contributed by atoms with Gasteiger partial charge in [-0.25, -0.2) is 4.79 Å². The van der Waals surface area contributed by atoms with E-state index in [1.807, 2.05) is 0 Å². The Labute approximate surface area is 156 Å². The zero-order chi connectivity index (χ0) is 17.7. The highest BCUT2D eigenvalue weighted by molar-refractivity contribution is 9.10. The Balaban J connectivity index is 2.27. The molecule has 0 saturated carbocycles. The third-order valence-electron chi connectivity index (χ3n) is 3.00. The number of ether oxygens (including phenoxy) is 2. The topological polar surface area (TPSA) is 76.1 Å². The molecule has 0 aromatic heterocycles. The first-order chi connectivity index (χ1) is 11.4. The average molecular weight is 432 g/mol. The minimum Gasteiger partial charge on any atom is -0.481 e. The minimum atomic E-state index is -1.07. The van der Waals surface area contributed by atoms with Crippen LogP contribution >= 0.6 is 39.9 Å². The van der Waals surface area contributed by atoms with Crippen LogP contribution in [0.25, 0.3) is 6.08 Å². The maximum Gasteiger partial charge on any atom is 0.341 e. The van der Waals surface area contributed by atoms with Crippen molar-refractivity contribution in [1.29, 1.82) is 0 Å². The predicted molar refractivity (Wildman–Crippen MR) is 99.0 cm³/mol. The van der Waals surface area contributed by atoms with Gasteiger partial charge in [0.05, 0.1) is 18.1 Å². The van der Waals surface area contributed by atoms with Crippen LogP contribution in [-0.2, 0) is 14.3 Å². The van der Waals surface area contributed by atoms with Crippen LogP contribution < -0.4 is 4.74 Å². The van der Waals surface area contributed by atoms with Gasteiger partial charge < -0.3 is 14.6 Å². The zero-order valence-corrected chi connectivity index (χ0v) is 15.9. The fourth-order valence-electron chi connectivity index (χ4n) is 1.92. The highest BCUT2D eigenvalue weighted by Gasteiger charge is 2.31. The molecule has 0 aliphatic carbocycles. The summed E-state index contributed by atoms with van der Waals surface area (Å²) in [6, 6.07) is 5.13. The number of aliphatic carboxylic acids is 1. The van der Waals surface area contributed by atoms with Gasteiger partial charge in [-0.2, -0.15) is 0 Å². The van der Waals surface area contributed by atoms with Crippen LogP contribution in [0, 0.1) is 0 Å². The van der Waals surface area contributed by atoms with Crippen molar-refractivity contribution in [3.8, 4) is 5.75 Å². The van der Waals surface area contributed by atoms with E-state index < -0.39 is 12.6 Å². The lowest BCUT2D eigenvalue weighted by Crippen LogP contribution is -2.31. The van der Waals surface area contributed by atoms with Crippen LogP contribution in [0.1, 0.15) is 5.56 Å². The molecule has 2 rings (SSSR count). The molecule has 1 aliphatic heterocycles. The monoisotopic (exact) mass is 431 g/mol. The summed E-state index contributed by atoms with van der Waals surface area (Å²) in [4.78, 5) is 25.1. The van der Waals surface area contributed by atoms with Gasteiger partial charge in [0, 0.05) is 17.1 Å². The maximum absolute atomic E-state index is 12.4. The summed E-state index contributed by atoms with van der Waals surface area (Å²) in [6.45, 7) is 0.320. The molecule has 1 aromatic rings. The number of thiocarbonyl (C=S) groups is 1. The van der Waals surface area contributed by atoms with Gasteiger partial charge in [0.25, 0.3) is 5.91 Å². The van der Waals surface area contributed by atoms with Crippen molar-refractivity contribution in [2.24, 2.45) is 0 Å². The van der Waals surface area contributed by atoms with Crippen molar-refractivity contribution >= 4 is 62.2 Å². The van der Waals surface area contributed by atoms with Crippen LogP contribution in [0.5, 0.6) is 5.75 Å². The minimum absolute atomic E-state index is 0.203. The summed E-state index contributed by atoms with van der Waals surface area (Å²) >= 11 is 9.77. The van der Waals surface area contributed by atoms with Crippen molar-refractivity contribution in [3.63, 3.8) is 0 Å². The number of methoxy groups -OCH3 is 1. The number of nitrogens with zero attached hydrogens (tertiary/aromatic N) is 1. The number of carboxylic acids is 1. The van der Waals surface area contributed by atoms with Gasteiger partial charge in [-0.05, 0) is 24.3 Å². The van der Waals surface area contributed by atoms with Gasteiger partial charge in [-0.1, -0.05) is 39.9 Å². The molecular weight excluding hydrogens is 418 g/mol. The van der Waals surface area contributed by atoms with Crippen LogP contribution in [0.3, 0.4) is 0 Å². The molecule has 1 N–H and O–H groups in total. The number of hydrogen-bond acceptors (Lipinski definition) is 6. The Morgan fingerprint density at radius 2 is 2.25 bits per heavy atom. The van der Waals surface area contributed by atoms with Gasteiger partial charge >= 0.3 is 5.97 Å². The summed E-state index contributed by atoms with van der Waals surface area (Å²) in [7, 11) is 1.56. The largest absolute Gasteiger partial charge is 0.481 e. The highest BCUT2D eigenvalue weighted by Crippen LogP contribution is 2.34. The Hall–Kier alpha value is -1.42. The van der Waals surface area contributed by atoms with E-state index in [0.717, 1.165) is 4.47 Å². The van der Waals surface area contributed by atoms with Gasteiger partial charge in [-0.15, -0.1) is 0 Å². The molecule has 0 spiro atoms. The Bertz CT molecular complexity index is 707. The van der Waals surface area contributed by atoms with Gasteiger partial charge in [0.2, 0.25) is 0 Å². The van der Waals surface area contributed by atoms with E-state index in [9.17, 15) is 9.59 Å². The SMILES string of the molecule is COCCN1C(=O)/C(=C/c2cc(Br)ccc2OCC(=O)O)SC1=S. The average Bonchev–Trinajstić information content (AvgIpc) is 2.78. The van der Waals surface area contributed by atoms with Crippen molar-refractivity contribution in [3.05, 3.63) is 33.1 Å². The molecule has 0 atom stereocenters. The van der Waals surface area contributed by atoms with E-state index in [2.05, 4.69) is 15.9 Å². The van der Waals surface area contributed by atoms with Crippen molar-refractivity contribution in [1.82, 2.24) is 4.90 Å². The second-order valence-electron chi connectivity index (χ2n) is 4.69. The first-order valence-electron chi connectivity index (χ1n) is 6.81. The van der Waals surface area contributed by atoms with Crippen molar-refractivity contribution in [2.75, 3.05) is 26.9 Å². The molecule has 6 nitrogen and oxygen atoms in total. The van der Waals surface area contributed by atoms with Gasteiger partial charge in [0.1, 0.15) is 10.1 Å². The number of carboxylic acid groups (broad SMARTS) is 1. The van der Waals surface area contributed by atoms with Crippen LogP contribution in [0.15, 0.2) is 27.6 Å². The third-order valence-corrected chi connectivity index (χ3v) is 4.87. The van der Waals surface area contributed by atoms with Gasteiger partial charge in [-0.3, -0.25) is 9.69 Å². The fourth-order valence-corrected chi connectivity index (χ4v) is 3.60. The van der Waals surface area contributed by atoms with Crippen molar-refractivity contribution < 1.29 is 24.2 Å². The molecule has 9 heteroatoms. The molecule has 1 heterocycles. The first kappa shape index (κ1) is 18.9. The number of halogens is 1. The fraction of sp³-hybridized carbons (Fsp3) is 0.267. The van der Waals surface area contributed by atoms with Crippen LogP contribution in [-0.4, -0.2) is 53.1 Å². The number of thioether (sulfide) groups is 1. The molecule has 24 heavy (non-hydrogen) atoms. The van der Waals surface area contributed by atoms with E-state index in [-0.39, 0.29) is 5.91 Å². The normalized spacial score (nSPS) is 16.1. The first-order valence-corrected chi connectivity index (χ1v) is 8.82. The lowest BCUT2D eigenvalue weighted by molar-refractivity contribution is -0.139. The summed E-state index contributed by atoms with van der Waals surface area (Å²) in [6.07, 6.45) is 1.65. The zero-order valence-electron chi connectivity index (χ0n) is 12.7. The van der Waals surface area contributed by atoms with E-state index in [1.54, 1.807) is 31.4 Å².